The number of rotatable bonds is 3. The first-order valence-electron chi connectivity index (χ1n) is 8.15. The molecule has 0 saturated carbocycles. The zero-order chi connectivity index (χ0) is 17.4. The predicted octanol–water partition coefficient (Wildman–Crippen LogP) is 1.54. The van der Waals surface area contributed by atoms with Crippen LogP contribution < -0.4 is 5.32 Å². The molecule has 2 fully saturated rings. The summed E-state index contributed by atoms with van der Waals surface area (Å²) in [5, 5.41) is 12.6. The molecular weight excluding hydrogens is 374 g/mol. The number of nitrogens with one attached hydrogen (secondary N) is 1. The van der Waals surface area contributed by atoms with E-state index >= 15 is 0 Å². The van der Waals surface area contributed by atoms with E-state index in [-0.39, 0.29) is 49.1 Å². The zero-order valence-electron chi connectivity index (χ0n) is 13.8. The van der Waals surface area contributed by atoms with Crippen LogP contribution in [0.3, 0.4) is 0 Å². The molecule has 2 aliphatic rings. The van der Waals surface area contributed by atoms with Gasteiger partial charge in [-0.25, -0.2) is 4.79 Å². The quantitative estimate of drug-likeness (QED) is 0.814. The van der Waals surface area contributed by atoms with Crippen LogP contribution >= 0.6 is 15.9 Å². The van der Waals surface area contributed by atoms with E-state index in [2.05, 4.69) is 21.2 Å². The van der Waals surface area contributed by atoms with Crippen LogP contribution in [0, 0.1) is 0 Å². The highest BCUT2D eigenvalue weighted by atomic mass is 79.9. The third kappa shape index (κ3) is 3.02. The number of hydrogen-bond donors (Lipinski definition) is 2. The number of nitrogens with zero attached hydrogens (tertiary/aromatic N) is 2. The lowest BCUT2D eigenvalue weighted by Gasteiger charge is -2.58. The summed E-state index contributed by atoms with van der Waals surface area (Å²) in [6.45, 7) is 4.28. The number of piperazine rings is 1. The van der Waals surface area contributed by atoms with E-state index in [1.165, 1.54) is 0 Å². The average molecular weight is 396 g/mol. The van der Waals surface area contributed by atoms with Gasteiger partial charge in [0.25, 0.3) is 0 Å². The standard InChI is InChI=1S/C17H22BrN3O3/c1-10(2)19-17(24)20-7-13-16(11-3-5-12(18)6-4-11)14(9-22)21(13)15(23)8-20/h3-6,10,13-14,16,22H,7-9H2,1-2H3,(H,19,24)/t13-,14-,16+/m1/s1. The Kier molecular flexibility index (Phi) is 4.83. The van der Waals surface area contributed by atoms with Crippen LogP contribution in [0.1, 0.15) is 25.3 Å². The van der Waals surface area contributed by atoms with Crippen LogP contribution in [-0.2, 0) is 4.79 Å². The molecule has 0 aromatic heterocycles. The highest BCUT2D eigenvalue weighted by molar-refractivity contribution is 9.10. The van der Waals surface area contributed by atoms with Gasteiger partial charge in [-0.1, -0.05) is 28.1 Å². The Bertz CT molecular complexity index is 634. The second-order valence-corrected chi connectivity index (χ2v) is 7.60. The molecule has 0 bridgehead atoms. The number of aliphatic hydroxyl groups excluding tert-OH is 1. The molecule has 3 amide bonds. The fraction of sp³-hybridized carbons (Fsp3) is 0.529. The molecule has 2 N–H and O–H groups in total. The number of aliphatic hydroxyl groups is 1. The van der Waals surface area contributed by atoms with Gasteiger partial charge in [0, 0.05) is 23.0 Å². The smallest absolute Gasteiger partial charge is 0.318 e. The summed E-state index contributed by atoms with van der Waals surface area (Å²) < 4.78 is 0.987. The lowest BCUT2D eigenvalue weighted by molar-refractivity contribution is -0.159. The number of halogens is 1. The van der Waals surface area contributed by atoms with Crippen molar-refractivity contribution < 1.29 is 14.7 Å². The average Bonchev–Trinajstić information content (AvgIpc) is 2.50. The summed E-state index contributed by atoms with van der Waals surface area (Å²) in [6, 6.07) is 7.46. The molecule has 2 saturated heterocycles. The molecule has 0 spiro atoms. The molecule has 3 atom stereocenters. The summed E-state index contributed by atoms with van der Waals surface area (Å²) in [7, 11) is 0. The maximum atomic E-state index is 12.4. The highest BCUT2D eigenvalue weighted by Crippen LogP contribution is 2.43. The van der Waals surface area contributed by atoms with Crippen molar-refractivity contribution in [1.82, 2.24) is 15.1 Å². The normalized spacial score (nSPS) is 26.2. The van der Waals surface area contributed by atoms with Crippen molar-refractivity contribution in [1.29, 1.82) is 0 Å². The maximum absolute atomic E-state index is 12.4. The second-order valence-electron chi connectivity index (χ2n) is 6.68. The van der Waals surface area contributed by atoms with Crippen LogP contribution in [0.25, 0.3) is 0 Å². The summed E-state index contributed by atoms with van der Waals surface area (Å²) in [5.41, 5.74) is 1.08. The van der Waals surface area contributed by atoms with Crippen molar-refractivity contribution in [3.63, 3.8) is 0 Å². The van der Waals surface area contributed by atoms with E-state index in [4.69, 9.17) is 0 Å². The van der Waals surface area contributed by atoms with Crippen molar-refractivity contribution in [3.05, 3.63) is 34.3 Å². The Morgan fingerprint density at radius 3 is 2.62 bits per heavy atom. The van der Waals surface area contributed by atoms with E-state index < -0.39 is 0 Å². The van der Waals surface area contributed by atoms with Crippen LogP contribution in [0.5, 0.6) is 0 Å². The highest BCUT2D eigenvalue weighted by Gasteiger charge is 2.54. The topological polar surface area (TPSA) is 72.9 Å². The molecule has 130 valence electrons. The van der Waals surface area contributed by atoms with Gasteiger partial charge in [-0.2, -0.15) is 0 Å². The van der Waals surface area contributed by atoms with Gasteiger partial charge in [0.2, 0.25) is 5.91 Å². The van der Waals surface area contributed by atoms with Crippen molar-refractivity contribution in [2.24, 2.45) is 0 Å². The molecule has 0 radical (unpaired) electrons. The predicted molar refractivity (Wildman–Crippen MR) is 93.6 cm³/mol. The van der Waals surface area contributed by atoms with Gasteiger partial charge in [-0.15, -0.1) is 0 Å². The number of hydrogen-bond acceptors (Lipinski definition) is 3. The minimum absolute atomic E-state index is 0.0273. The largest absolute Gasteiger partial charge is 0.394 e. The van der Waals surface area contributed by atoms with E-state index in [0.717, 1.165) is 10.0 Å². The lowest BCUT2D eigenvalue weighted by Crippen LogP contribution is -2.74. The summed E-state index contributed by atoms with van der Waals surface area (Å²) in [5.74, 6) is -0.0562. The number of urea groups is 1. The Hall–Kier alpha value is -1.60. The molecule has 0 aliphatic carbocycles. The molecule has 1 aromatic rings. The van der Waals surface area contributed by atoms with Crippen molar-refractivity contribution in [3.8, 4) is 0 Å². The Labute approximate surface area is 149 Å². The Morgan fingerprint density at radius 1 is 1.38 bits per heavy atom. The van der Waals surface area contributed by atoms with Gasteiger partial charge in [0.05, 0.1) is 18.7 Å². The maximum Gasteiger partial charge on any atom is 0.318 e. The van der Waals surface area contributed by atoms with Crippen molar-refractivity contribution >= 4 is 27.9 Å². The fourth-order valence-corrected chi connectivity index (χ4v) is 3.94. The first kappa shape index (κ1) is 17.2. The van der Waals surface area contributed by atoms with Crippen LogP contribution in [0.2, 0.25) is 0 Å². The minimum atomic E-state index is -0.209. The number of fused-ring (bicyclic) bond motifs is 1. The van der Waals surface area contributed by atoms with Crippen LogP contribution in [-0.4, -0.2) is 64.7 Å². The Morgan fingerprint density at radius 2 is 2.04 bits per heavy atom. The monoisotopic (exact) mass is 395 g/mol. The molecule has 0 unspecified atom stereocenters. The SMILES string of the molecule is CC(C)NC(=O)N1CC(=O)N2[C@H](CO)[C@@H](c3ccc(Br)cc3)[C@H]2C1. The van der Waals surface area contributed by atoms with Crippen molar-refractivity contribution in [2.75, 3.05) is 19.7 Å². The molecule has 24 heavy (non-hydrogen) atoms. The molecular formula is C17H22BrN3O3. The lowest BCUT2D eigenvalue weighted by atomic mass is 9.74. The zero-order valence-corrected chi connectivity index (χ0v) is 15.4. The number of amides is 3. The molecule has 2 heterocycles. The number of carbonyl (C=O) groups is 2. The summed E-state index contributed by atoms with van der Waals surface area (Å²) in [6.07, 6.45) is 0. The van der Waals surface area contributed by atoms with Gasteiger partial charge >= 0.3 is 6.03 Å². The third-order valence-corrected chi connectivity index (χ3v) is 5.24. The van der Waals surface area contributed by atoms with Gasteiger partial charge in [0.15, 0.2) is 0 Å². The van der Waals surface area contributed by atoms with E-state index in [1.807, 2.05) is 38.1 Å². The minimum Gasteiger partial charge on any atom is -0.394 e. The Balaban J connectivity index is 1.80. The summed E-state index contributed by atoms with van der Waals surface area (Å²) >= 11 is 3.42. The molecule has 6 nitrogen and oxygen atoms in total. The first-order chi connectivity index (χ1) is 11.4. The molecule has 1 aromatic carbocycles. The van der Waals surface area contributed by atoms with E-state index in [0.29, 0.717) is 6.54 Å². The number of carbonyl (C=O) groups excluding carboxylic acids is 2. The van der Waals surface area contributed by atoms with Gasteiger partial charge in [0.1, 0.15) is 6.54 Å². The van der Waals surface area contributed by atoms with Gasteiger partial charge < -0.3 is 20.2 Å². The number of benzene rings is 1. The van der Waals surface area contributed by atoms with Crippen molar-refractivity contribution in [2.45, 2.75) is 37.9 Å². The molecule has 7 heteroatoms. The van der Waals surface area contributed by atoms with Gasteiger partial charge in [-0.05, 0) is 31.5 Å². The van der Waals surface area contributed by atoms with E-state index in [9.17, 15) is 14.7 Å². The third-order valence-electron chi connectivity index (χ3n) is 4.71. The fourth-order valence-electron chi connectivity index (χ4n) is 3.68. The van der Waals surface area contributed by atoms with Crippen LogP contribution in [0.4, 0.5) is 4.79 Å². The van der Waals surface area contributed by atoms with Gasteiger partial charge in [-0.3, -0.25) is 4.79 Å². The van der Waals surface area contributed by atoms with E-state index in [1.54, 1.807) is 9.80 Å². The van der Waals surface area contributed by atoms with Crippen LogP contribution in [0.15, 0.2) is 28.7 Å². The molecule has 3 rings (SSSR count). The first-order valence-corrected chi connectivity index (χ1v) is 8.94. The second kappa shape index (κ2) is 6.72. The summed E-state index contributed by atoms with van der Waals surface area (Å²) in [4.78, 5) is 28.0. The molecule has 2 aliphatic heterocycles.